The van der Waals surface area contributed by atoms with Crippen molar-refractivity contribution in [2.75, 3.05) is 18.0 Å². The van der Waals surface area contributed by atoms with Gasteiger partial charge in [0.25, 0.3) is 0 Å². The van der Waals surface area contributed by atoms with Gasteiger partial charge in [0.1, 0.15) is 5.82 Å². The molecular formula is C19H21ClN6O. The Kier molecular flexibility index (Phi) is 4.94. The number of carbonyl (C=O) groups is 1. The first-order valence-electron chi connectivity index (χ1n) is 9.06. The summed E-state index contributed by atoms with van der Waals surface area (Å²) in [5.41, 5.74) is 1.63. The highest BCUT2D eigenvalue weighted by atomic mass is 35.5. The number of halogens is 1. The average molecular weight is 385 g/mol. The van der Waals surface area contributed by atoms with Gasteiger partial charge >= 0.3 is 0 Å². The number of benzene rings is 1. The molecule has 1 saturated heterocycles. The Hall–Kier alpha value is -2.67. The topological polar surface area (TPSA) is 75.4 Å². The van der Waals surface area contributed by atoms with Crippen LogP contribution in [0.5, 0.6) is 0 Å². The molecule has 0 bridgehead atoms. The molecule has 0 radical (unpaired) electrons. The zero-order valence-electron chi connectivity index (χ0n) is 15.1. The SMILES string of the molecule is Cc1nnc2c(N3CCC(NC(=O)Cc4ccccc4Cl)CC3)nccn12. The van der Waals surface area contributed by atoms with E-state index in [-0.39, 0.29) is 11.9 Å². The van der Waals surface area contributed by atoms with Crippen LogP contribution >= 0.6 is 11.6 Å². The molecule has 27 heavy (non-hydrogen) atoms. The number of nitrogens with one attached hydrogen (secondary N) is 1. The quantitative estimate of drug-likeness (QED) is 0.747. The van der Waals surface area contributed by atoms with E-state index in [1.54, 1.807) is 6.20 Å². The summed E-state index contributed by atoms with van der Waals surface area (Å²) in [5, 5.41) is 12.1. The van der Waals surface area contributed by atoms with Crippen molar-refractivity contribution in [3.63, 3.8) is 0 Å². The van der Waals surface area contributed by atoms with Gasteiger partial charge in [-0.05, 0) is 31.4 Å². The van der Waals surface area contributed by atoms with Gasteiger partial charge in [-0.1, -0.05) is 29.8 Å². The second kappa shape index (κ2) is 7.52. The first kappa shape index (κ1) is 17.7. The maximum Gasteiger partial charge on any atom is 0.224 e. The lowest BCUT2D eigenvalue weighted by molar-refractivity contribution is -0.121. The predicted molar refractivity (Wildman–Crippen MR) is 104 cm³/mol. The number of piperidine rings is 1. The minimum absolute atomic E-state index is 0.00913. The van der Waals surface area contributed by atoms with Crippen LogP contribution in [-0.2, 0) is 11.2 Å². The number of carbonyl (C=O) groups excluding carboxylic acids is 1. The standard InChI is InChI=1S/C19H21ClN6O/c1-13-23-24-19-18(21-8-11-26(13)19)25-9-6-15(7-10-25)22-17(27)12-14-4-2-3-5-16(14)20/h2-5,8,11,15H,6-7,9-10,12H2,1H3,(H,22,27). The molecule has 0 atom stereocenters. The zero-order chi connectivity index (χ0) is 18.8. The molecular weight excluding hydrogens is 364 g/mol. The van der Waals surface area contributed by atoms with Crippen molar-refractivity contribution < 1.29 is 4.79 Å². The van der Waals surface area contributed by atoms with Gasteiger partial charge in [-0.15, -0.1) is 10.2 Å². The monoisotopic (exact) mass is 384 g/mol. The molecule has 1 fully saturated rings. The summed E-state index contributed by atoms with van der Waals surface area (Å²) in [6.45, 7) is 3.55. The van der Waals surface area contributed by atoms with Crippen molar-refractivity contribution in [2.45, 2.75) is 32.2 Å². The average Bonchev–Trinajstić information content (AvgIpc) is 3.06. The molecule has 3 heterocycles. The number of aryl methyl sites for hydroxylation is 1. The van der Waals surface area contributed by atoms with E-state index in [4.69, 9.17) is 11.6 Å². The summed E-state index contributed by atoms with van der Waals surface area (Å²) in [6, 6.07) is 7.62. The minimum atomic E-state index is 0.00913. The van der Waals surface area contributed by atoms with Crippen LogP contribution in [-0.4, -0.2) is 44.6 Å². The fourth-order valence-corrected chi connectivity index (χ4v) is 3.68. The number of amides is 1. The molecule has 3 aromatic rings. The summed E-state index contributed by atoms with van der Waals surface area (Å²) in [4.78, 5) is 19.0. The number of anilines is 1. The number of hydrogen-bond acceptors (Lipinski definition) is 5. The summed E-state index contributed by atoms with van der Waals surface area (Å²) in [6.07, 6.45) is 5.68. The zero-order valence-corrected chi connectivity index (χ0v) is 15.9. The fourth-order valence-electron chi connectivity index (χ4n) is 3.48. The molecule has 1 amide bonds. The summed E-state index contributed by atoms with van der Waals surface area (Å²) >= 11 is 6.14. The smallest absolute Gasteiger partial charge is 0.224 e. The molecule has 7 nitrogen and oxygen atoms in total. The van der Waals surface area contributed by atoms with E-state index in [1.165, 1.54) is 0 Å². The van der Waals surface area contributed by atoms with E-state index in [1.807, 2.05) is 41.8 Å². The second-order valence-corrected chi connectivity index (χ2v) is 7.20. The summed E-state index contributed by atoms with van der Waals surface area (Å²) < 4.78 is 1.94. The van der Waals surface area contributed by atoms with Gasteiger partial charge in [0.05, 0.1) is 6.42 Å². The van der Waals surface area contributed by atoms with Crippen LogP contribution in [0.3, 0.4) is 0 Å². The predicted octanol–water partition coefficient (Wildman–Crippen LogP) is 2.41. The van der Waals surface area contributed by atoms with Gasteiger partial charge in [0, 0.05) is 36.5 Å². The first-order chi connectivity index (χ1) is 13.1. The molecule has 1 aliphatic heterocycles. The Labute approximate surface area is 162 Å². The van der Waals surface area contributed by atoms with E-state index >= 15 is 0 Å². The van der Waals surface area contributed by atoms with Crippen LogP contribution in [0.15, 0.2) is 36.7 Å². The maximum absolute atomic E-state index is 12.3. The lowest BCUT2D eigenvalue weighted by Gasteiger charge is -2.33. The first-order valence-corrected chi connectivity index (χ1v) is 9.43. The molecule has 140 valence electrons. The van der Waals surface area contributed by atoms with Gasteiger partial charge in [0.15, 0.2) is 5.82 Å². The molecule has 1 N–H and O–H groups in total. The molecule has 0 aliphatic carbocycles. The van der Waals surface area contributed by atoms with Gasteiger partial charge < -0.3 is 10.2 Å². The molecule has 0 spiro atoms. The molecule has 0 unspecified atom stereocenters. The van der Waals surface area contributed by atoms with E-state index in [0.717, 1.165) is 48.8 Å². The summed E-state index contributed by atoms with van der Waals surface area (Å²) in [7, 11) is 0. The van der Waals surface area contributed by atoms with Gasteiger partial charge in [-0.3, -0.25) is 9.20 Å². The number of hydrogen-bond donors (Lipinski definition) is 1. The molecule has 8 heteroatoms. The van der Waals surface area contributed by atoms with Crippen molar-refractivity contribution in [1.29, 1.82) is 0 Å². The third-order valence-electron chi connectivity index (χ3n) is 4.95. The van der Waals surface area contributed by atoms with Crippen molar-refractivity contribution in [3.05, 3.63) is 53.1 Å². The fraction of sp³-hybridized carbons (Fsp3) is 0.368. The Morgan fingerprint density at radius 3 is 2.81 bits per heavy atom. The largest absolute Gasteiger partial charge is 0.353 e. The lowest BCUT2D eigenvalue weighted by atomic mass is 10.0. The van der Waals surface area contributed by atoms with Gasteiger partial charge in [0.2, 0.25) is 11.6 Å². The van der Waals surface area contributed by atoms with Crippen LogP contribution in [0, 0.1) is 6.92 Å². The second-order valence-electron chi connectivity index (χ2n) is 6.79. The van der Waals surface area contributed by atoms with Crippen LogP contribution in [0.4, 0.5) is 5.82 Å². The highest BCUT2D eigenvalue weighted by Crippen LogP contribution is 2.22. The third-order valence-corrected chi connectivity index (χ3v) is 5.32. The molecule has 0 saturated carbocycles. The summed E-state index contributed by atoms with van der Waals surface area (Å²) in [5.74, 6) is 1.70. The number of fused-ring (bicyclic) bond motifs is 1. The molecule has 1 aromatic carbocycles. The van der Waals surface area contributed by atoms with Gasteiger partial charge in [-0.25, -0.2) is 4.98 Å². The van der Waals surface area contributed by atoms with Crippen molar-refractivity contribution in [2.24, 2.45) is 0 Å². The van der Waals surface area contributed by atoms with Crippen LogP contribution in [0.25, 0.3) is 5.65 Å². The van der Waals surface area contributed by atoms with Crippen molar-refractivity contribution in [1.82, 2.24) is 24.9 Å². The van der Waals surface area contributed by atoms with E-state index < -0.39 is 0 Å². The molecule has 4 rings (SSSR count). The molecule has 2 aromatic heterocycles. The number of rotatable bonds is 4. The van der Waals surface area contributed by atoms with Crippen LogP contribution < -0.4 is 10.2 Å². The Balaban J connectivity index is 1.36. The van der Waals surface area contributed by atoms with Crippen LogP contribution in [0.2, 0.25) is 5.02 Å². The Morgan fingerprint density at radius 2 is 2.04 bits per heavy atom. The highest BCUT2D eigenvalue weighted by molar-refractivity contribution is 6.31. The van der Waals surface area contributed by atoms with Crippen molar-refractivity contribution in [3.8, 4) is 0 Å². The number of nitrogens with zero attached hydrogens (tertiary/aromatic N) is 5. The number of aromatic nitrogens is 4. The lowest BCUT2D eigenvalue weighted by Crippen LogP contribution is -2.45. The Morgan fingerprint density at radius 1 is 1.26 bits per heavy atom. The normalized spacial score (nSPS) is 15.3. The molecule has 1 aliphatic rings. The van der Waals surface area contributed by atoms with E-state index in [9.17, 15) is 4.79 Å². The van der Waals surface area contributed by atoms with E-state index in [2.05, 4.69) is 25.4 Å². The highest BCUT2D eigenvalue weighted by Gasteiger charge is 2.24. The third kappa shape index (κ3) is 3.73. The Bertz CT molecular complexity index is 964. The van der Waals surface area contributed by atoms with Crippen LogP contribution in [0.1, 0.15) is 24.2 Å². The minimum Gasteiger partial charge on any atom is -0.353 e. The maximum atomic E-state index is 12.3. The van der Waals surface area contributed by atoms with Crippen molar-refractivity contribution >= 4 is 29.0 Å². The van der Waals surface area contributed by atoms with Gasteiger partial charge in [-0.2, -0.15) is 0 Å². The van der Waals surface area contributed by atoms with E-state index in [0.29, 0.717) is 11.4 Å².